The van der Waals surface area contributed by atoms with E-state index < -0.39 is 0 Å². The molecule has 0 aliphatic carbocycles. The van der Waals surface area contributed by atoms with Crippen LogP contribution in [-0.4, -0.2) is 29.9 Å². The Balaban J connectivity index is 1.68. The first kappa shape index (κ1) is 17.3. The lowest BCUT2D eigenvalue weighted by atomic mass is 10.2. The minimum Gasteiger partial charge on any atom is -0.497 e. The molecule has 0 saturated carbocycles. The van der Waals surface area contributed by atoms with Crippen molar-refractivity contribution >= 4 is 17.7 Å². The summed E-state index contributed by atoms with van der Waals surface area (Å²) in [6.45, 7) is 0. The lowest BCUT2D eigenvalue weighted by Crippen LogP contribution is -2.08. The fraction of sp³-hybridized carbons (Fsp3) is 0.100. The number of amides is 1. The van der Waals surface area contributed by atoms with E-state index in [1.807, 2.05) is 36.5 Å². The van der Waals surface area contributed by atoms with E-state index in [4.69, 9.17) is 9.47 Å². The Kier molecular flexibility index (Phi) is 5.34. The van der Waals surface area contributed by atoms with Gasteiger partial charge in [-0.25, -0.2) is 4.68 Å². The molecule has 0 bridgehead atoms. The van der Waals surface area contributed by atoms with Crippen LogP contribution in [0.5, 0.6) is 11.5 Å². The van der Waals surface area contributed by atoms with Crippen molar-refractivity contribution in [3.63, 3.8) is 0 Å². The van der Waals surface area contributed by atoms with Crippen molar-refractivity contribution in [2.45, 2.75) is 0 Å². The first-order chi connectivity index (χ1) is 12.7. The van der Waals surface area contributed by atoms with Gasteiger partial charge in [0.2, 0.25) is 5.91 Å². The molecule has 0 aliphatic rings. The van der Waals surface area contributed by atoms with Crippen molar-refractivity contribution < 1.29 is 14.3 Å². The number of nitrogens with one attached hydrogen (secondary N) is 1. The van der Waals surface area contributed by atoms with Gasteiger partial charge in [-0.15, -0.1) is 0 Å². The molecule has 6 nitrogen and oxygen atoms in total. The maximum absolute atomic E-state index is 12.2. The number of para-hydroxylation sites is 1. The second kappa shape index (κ2) is 8.02. The molecule has 0 atom stereocenters. The van der Waals surface area contributed by atoms with Crippen LogP contribution < -0.4 is 14.8 Å². The van der Waals surface area contributed by atoms with E-state index in [1.165, 1.54) is 13.2 Å². The first-order valence-corrected chi connectivity index (χ1v) is 8.01. The highest BCUT2D eigenvalue weighted by molar-refractivity contribution is 6.02. The Morgan fingerprint density at radius 3 is 2.65 bits per heavy atom. The van der Waals surface area contributed by atoms with Gasteiger partial charge in [-0.3, -0.25) is 4.79 Å². The molecule has 1 aromatic heterocycles. The summed E-state index contributed by atoms with van der Waals surface area (Å²) in [6.07, 6.45) is 6.71. The molecule has 3 aromatic rings. The maximum atomic E-state index is 12.2. The summed E-state index contributed by atoms with van der Waals surface area (Å²) in [4.78, 5) is 12.2. The molecule has 0 radical (unpaired) electrons. The predicted molar refractivity (Wildman–Crippen MR) is 101 cm³/mol. The topological polar surface area (TPSA) is 65.4 Å². The fourth-order valence-electron chi connectivity index (χ4n) is 2.39. The summed E-state index contributed by atoms with van der Waals surface area (Å²) < 4.78 is 12.2. The zero-order valence-electron chi connectivity index (χ0n) is 14.5. The molecular formula is C20H19N3O3. The van der Waals surface area contributed by atoms with E-state index in [-0.39, 0.29) is 5.91 Å². The molecule has 0 saturated heterocycles. The van der Waals surface area contributed by atoms with Gasteiger partial charge in [0, 0.05) is 23.9 Å². The number of aromatic nitrogens is 2. The molecule has 1 N–H and O–H groups in total. The van der Waals surface area contributed by atoms with Crippen molar-refractivity contribution in [3.8, 4) is 17.2 Å². The van der Waals surface area contributed by atoms with Crippen molar-refractivity contribution in [1.82, 2.24) is 9.78 Å². The Hall–Kier alpha value is -3.54. The SMILES string of the molecule is COc1ccc(NC(=O)/C=C/c2cnn(-c3ccccc3)c2)c(OC)c1. The summed E-state index contributed by atoms with van der Waals surface area (Å²) in [5, 5.41) is 7.08. The number of benzene rings is 2. The van der Waals surface area contributed by atoms with Crippen molar-refractivity contribution in [2.24, 2.45) is 0 Å². The molecule has 1 amide bonds. The molecule has 0 fully saturated rings. The molecule has 3 rings (SSSR count). The summed E-state index contributed by atoms with van der Waals surface area (Å²) in [7, 11) is 3.11. The Labute approximate surface area is 151 Å². The van der Waals surface area contributed by atoms with Gasteiger partial charge in [0.15, 0.2) is 0 Å². The molecule has 0 unspecified atom stereocenters. The van der Waals surface area contributed by atoms with Gasteiger partial charge in [-0.2, -0.15) is 5.10 Å². The molecular weight excluding hydrogens is 330 g/mol. The van der Waals surface area contributed by atoms with Crippen LogP contribution in [0.4, 0.5) is 5.69 Å². The van der Waals surface area contributed by atoms with E-state index in [9.17, 15) is 4.79 Å². The quantitative estimate of drug-likeness (QED) is 0.691. The number of hydrogen-bond donors (Lipinski definition) is 1. The van der Waals surface area contributed by atoms with Gasteiger partial charge in [0.05, 0.1) is 31.8 Å². The third-order valence-corrected chi connectivity index (χ3v) is 3.72. The molecule has 2 aromatic carbocycles. The standard InChI is InChI=1S/C20H19N3O3/c1-25-17-9-10-18(19(12-17)26-2)22-20(24)11-8-15-13-21-23(14-15)16-6-4-3-5-7-16/h3-14H,1-2H3,(H,22,24)/b11-8+. The average Bonchev–Trinajstić information content (AvgIpc) is 3.16. The van der Waals surface area contributed by atoms with Crippen LogP contribution in [0.2, 0.25) is 0 Å². The largest absolute Gasteiger partial charge is 0.497 e. The van der Waals surface area contributed by atoms with Crippen LogP contribution >= 0.6 is 0 Å². The number of carbonyl (C=O) groups excluding carboxylic acids is 1. The monoisotopic (exact) mass is 349 g/mol. The lowest BCUT2D eigenvalue weighted by molar-refractivity contribution is -0.111. The number of methoxy groups -OCH3 is 2. The Bertz CT molecular complexity index is 917. The third kappa shape index (κ3) is 4.10. The van der Waals surface area contributed by atoms with Crippen LogP contribution in [-0.2, 0) is 4.79 Å². The first-order valence-electron chi connectivity index (χ1n) is 8.01. The van der Waals surface area contributed by atoms with Crippen LogP contribution in [0, 0.1) is 0 Å². The normalized spacial score (nSPS) is 10.7. The second-order valence-corrected chi connectivity index (χ2v) is 5.44. The van der Waals surface area contributed by atoms with Crippen LogP contribution in [0.15, 0.2) is 67.0 Å². The minimum atomic E-state index is -0.263. The number of rotatable bonds is 6. The highest BCUT2D eigenvalue weighted by Gasteiger charge is 2.07. The van der Waals surface area contributed by atoms with E-state index in [1.54, 1.807) is 42.3 Å². The maximum Gasteiger partial charge on any atom is 0.248 e. The summed E-state index contributed by atoms with van der Waals surface area (Å²) in [5.41, 5.74) is 2.35. The molecule has 0 spiro atoms. The van der Waals surface area contributed by atoms with Gasteiger partial charge < -0.3 is 14.8 Å². The zero-order valence-corrected chi connectivity index (χ0v) is 14.5. The van der Waals surface area contributed by atoms with E-state index >= 15 is 0 Å². The number of ether oxygens (including phenoxy) is 2. The number of nitrogens with zero attached hydrogens (tertiary/aromatic N) is 2. The molecule has 6 heteroatoms. The third-order valence-electron chi connectivity index (χ3n) is 3.72. The average molecular weight is 349 g/mol. The van der Waals surface area contributed by atoms with Crippen LogP contribution in [0.1, 0.15) is 5.56 Å². The van der Waals surface area contributed by atoms with E-state index in [0.717, 1.165) is 11.3 Å². The Morgan fingerprint density at radius 1 is 1.12 bits per heavy atom. The Morgan fingerprint density at radius 2 is 1.92 bits per heavy atom. The van der Waals surface area contributed by atoms with Crippen molar-refractivity contribution in [1.29, 1.82) is 0 Å². The highest BCUT2D eigenvalue weighted by Crippen LogP contribution is 2.28. The molecule has 1 heterocycles. The van der Waals surface area contributed by atoms with Gasteiger partial charge in [-0.1, -0.05) is 18.2 Å². The zero-order chi connectivity index (χ0) is 18.4. The predicted octanol–water partition coefficient (Wildman–Crippen LogP) is 3.54. The van der Waals surface area contributed by atoms with Crippen LogP contribution in [0.25, 0.3) is 11.8 Å². The molecule has 26 heavy (non-hydrogen) atoms. The fourth-order valence-corrected chi connectivity index (χ4v) is 2.39. The van der Waals surface area contributed by atoms with Gasteiger partial charge in [-0.05, 0) is 30.3 Å². The number of hydrogen-bond acceptors (Lipinski definition) is 4. The lowest BCUT2D eigenvalue weighted by Gasteiger charge is -2.10. The van der Waals surface area contributed by atoms with Gasteiger partial charge in [0.25, 0.3) is 0 Å². The minimum absolute atomic E-state index is 0.263. The number of carbonyl (C=O) groups is 1. The summed E-state index contributed by atoms with van der Waals surface area (Å²) >= 11 is 0. The second-order valence-electron chi connectivity index (χ2n) is 5.44. The van der Waals surface area contributed by atoms with Gasteiger partial charge in [0.1, 0.15) is 11.5 Å². The van der Waals surface area contributed by atoms with E-state index in [2.05, 4.69) is 10.4 Å². The molecule has 132 valence electrons. The highest BCUT2D eigenvalue weighted by atomic mass is 16.5. The van der Waals surface area contributed by atoms with Crippen molar-refractivity contribution in [3.05, 3.63) is 72.6 Å². The summed E-state index contributed by atoms with van der Waals surface area (Å²) in [5.74, 6) is 0.924. The summed E-state index contributed by atoms with van der Waals surface area (Å²) in [6, 6.07) is 15.0. The van der Waals surface area contributed by atoms with Gasteiger partial charge >= 0.3 is 0 Å². The van der Waals surface area contributed by atoms with Crippen LogP contribution in [0.3, 0.4) is 0 Å². The molecule has 0 aliphatic heterocycles. The smallest absolute Gasteiger partial charge is 0.248 e. The van der Waals surface area contributed by atoms with E-state index in [0.29, 0.717) is 17.2 Å². The number of anilines is 1. The van der Waals surface area contributed by atoms with Crippen molar-refractivity contribution in [2.75, 3.05) is 19.5 Å².